The topological polar surface area (TPSA) is 105 Å². The van der Waals surface area contributed by atoms with Gasteiger partial charge in [0.2, 0.25) is 11.8 Å². The molecule has 2 aromatic rings. The molecule has 3 rings (SSSR count). The van der Waals surface area contributed by atoms with Crippen LogP contribution in [0.25, 0.3) is 0 Å². The minimum atomic E-state index is -3.90. The van der Waals surface area contributed by atoms with E-state index in [9.17, 15) is 18.0 Å². The van der Waals surface area contributed by atoms with Gasteiger partial charge in [-0.05, 0) is 30.5 Å². The highest BCUT2D eigenvalue weighted by Gasteiger charge is 2.39. The fourth-order valence-corrected chi connectivity index (χ4v) is 6.03. The van der Waals surface area contributed by atoms with Gasteiger partial charge in [0, 0.05) is 24.7 Å². The lowest BCUT2D eigenvalue weighted by molar-refractivity contribution is -0.128. The largest absolute Gasteiger partial charge is 0.497 e. The molecule has 0 spiro atoms. The molecular weight excluding hydrogens is 434 g/mol. The second-order valence-corrected chi connectivity index (χ2v) is 9.90. The van der Waals surface area contributed by atoms with Crippen LogP contribution in [0.3, 0.4) is 0 Å². The summed E-state index contributed by atoms with van der Waals surface area (Å²) in [6.07, 6.45) is -0.102. The van der Waals surface area contributed by atoms with Gasteiger partial charge in [-0.25, -0.2) is 0 Å². The Morgan fingerprint density at radius 1 is 1.31 bits per heavy atom. The summed E-state index contributed by atoms with van der Waals surface area (Å²) in [4.78, 5) is 26.3. The Morgan fingerprint density at radius 3 is 2.76 bits per heavy atom. The molecule has 8 nitrogen and oxygen atoms in total. The minimum absolute atomic E-state index is 0.0880. The molecular formula is C18H19N3O5S3. The summed E-state index contributed by atoms with van der Waals surface area (Å²) < 4.78 is 33.9. The maximum atomic E-state index is 12.6. The Balaban J connectivity index is 1.73. The normalized spacial score (nSPS) is 18.3. The molecule has 29 heavy (non-hydrogen) atoms. The number of amidine groups is 1. The number of hydrogen-bond acceptors (Lipinski definition) is 7. The molecule has 1 unspecified atom stereocenters. The van der Waals surface area contributed by atoms with E-state index in [2.05, 4.69) is 9.71 Å². The van der Waals surface area contributed by atoms with E-state index in [1.807, 2.05) is 0 Å². The standard InChI is InChI=1S/C18H19N3O5S3/c1-3-21-17(23)14(11-15(22)19-12-6-4-7-13(10-12)26-2)28-18(21)20-29(24,25)16-8-5-9-27-16/h4-10,14H,3,11H2,1-2H3,(H,19,22)/b20-18+. The maximum Gasteiger partial charge on any atom is 0.294 e. The molecule has 0 saturated carbocycles. The number of rotatable bonds is 7. The Labute approximate surface area is 177 Å². The van der Waals surface area contributed by atoms with E-state index in [1.165, 1.54) is 18.1 Å². The van der Waals surface area contributed by atoms with Crippen molar-refractivity contribution in [1.82, 2.24) is 4.90 Å². The number of sulfonamides is 1. The summed E-state index contributed by atoms with van der Waals surface area (Å²) in [6, 6.07) is 9.95. The summed E-state index contributed by atoms with van der Waals surface area (Å²) in [7, 11) is -2.37. The Kier molecular flexibility index (Phi) is 6.60. The SMILES string of the molecule is CCN1C(=O)C(CC(=O)Nc2cccc(OC)c2)S/C1=N/S(=O)(=O)c1cccs1. The summed E-state index contributed by atoms with van der Waals surface area (Å²) in [5.41, 5.74) is 0.548. The van der Waals surface area contributed by atoms with Crippen molar-refractivity contribution >= 4 is 55.8 Å². The molecule has 1 saturated heterocycles. The van der Waals surface area contributed by atoms with E-state index >= 15 is 0 Å². The van der Waals surface area contributed by atoms with Gasteiger partial charge in [-0.2, -0.15) is 8.42 Å². The number of amides is 2. The van der Waals surface area contributed by atoms with Crippen molar-refractivity contribution in [2.45, 2.75) is 22.8 Å². The molecule has 0 aliphatic carbocycles. The number of carbonyl (C=O) groups is 2. The predicted molar refractivity (Wildman–Crippen MR) is 114 cm³/mol. The summed E-state index contributed by atoms with van der Waals surface area (Å²) >= 11 is 2.04. The van der Waals surface area contributed by atoms with Crippen molar-refractivity contribution in [3.8, 4) is 5.75 Å². The van der Waals surface area contributed by atoms with Crippen LogP contribution in [0.15, 0.2) is 50.4 Å². The zero-order valence-corrected chi connectivity index (χ0v) is 18.1. The quantitative estimate of drug-likeness (QED) is 0.691. The van der Waals surface area contributed by atoms with E-state index in [4.69, 9.17) is 4.74 Å². The monoisotopic (exact) mass is 453 g/mol. The second kappa shape index (κ2) is 8.97. The average Bonchev–Trinajstić information content (AvgIpc) is 3.31. The van der Waals surface area contributed by atoms with Gasteiger partial charge in [-0.3, -0.25) is 14.5 Å². The molecule has 0 radical (unpaired) electrons. The van der Waals surface area contributed by atoms with Crippen molar-refractivity contribution in [2.24, 2.45) is 4.40 Å². The third-order valence-electron chi connectivity index (χ3n) is 4.01. The number of benzene rings is 1. The van der Waals surface area contributed by atoms with Gasteiger partial charge in [0.1, 0.15) is 15.2 Å². The smallest absolute Gasteiger partial charge is 0.294 e. The van der Waals surface area contributed by atoms with Gasteiger partial charge < -0.3 is 10.1 Å². The second-order valence-electron chi connectivity index (χ2n) is 5.95. The molecule has 2 amide bonds. The zero-order valence-electron chi connectivity index (χ0n) is 15.7. The van der Waals surface area contributed by atoms with Crippen LogP contribution in [0.5, 0.6) is 5.75 Å². The third kappa shape index (κ3) is 4.98. The lowest BCUT2D eigenvalue weighted by atomic mass is 10.2. The Morgan fingerprint density at radius 2 is 2.10 bits per heavy atom. The van der Waals surface area contributed by atoms with E-state index in [1.54, 1.807) is 42.6 Å². The molecule has 1 aliphatic heterocycles. The van der Waals surface area contributed by atoms with Crippen LogP contribution >= 0.6 is 23.1 Å². The highest BCUT2D eigenvalue weighted by atomic mass is 32.2. The van der Waals surface area contributed by atoms with E-state index in [0.29, 0.717) is 11.4 Å². The molecule has 0 bridgehead atoms. The molecule has 2 heterocycles. The van der Waals surface area contributed by atoms with Crippen LogP contribution in [0.4, 0.5) is 5.69 Å². The molecule has 1 aromatic heterocycles. The van der Waals surface area contributed by atoms with Gasteiger partial charge in [0.05, 0.1) is 7.11 Å². The molecule has 1 aliphatic rings. The third-order valence-corrected chi connectivity index (χ3v) is 7.94. The molecule has 1 atom stereocenters. The van der Waals surface area contributed by atoms with Crippen LogP contribution in [-0.2, 0) is 19.6 Å². The first-order valence-electron chi connectivity index (χ1n) is 8.64. The number of thioether (sulfide) groups is 1. The first kappa shape index (κ1) is 21.3. The van der Waals surface area contributed by atoms with Crippen molar-refractivity contribution in [3.05, 3.63) is 41.8 Å². The molecule has 1 aromatic carbocycles. The highest BCUT2D eigenvalue weighted by Crippen LogP contribution is 2.32. The highest BCUT2D eigenvalue weighted by molar-refractivity contribution is 8.16. The number of hydrogen-bond donors (Lipinski definition) is 1. The van der Waals surface area contributed by atoms with E-state index in [0.717, 1.165) is 23.1 Å². The number of nitrogens with zero attached hydrogens (tertiary/aromatic N) is 2. The van der Waals surface area contributed by atoms with Crippen LogP contribution in [0.2, 0.25) is 0 Å². The summed E-state index contributed by atoms with van der Waals surface area (Å²) in [5, 5.41) is 3.72. The van der Waals surface area contributed by atoms with Gasteiger partial charge in [-0.15, -0.1) is 15.7 Å². The first-order valence-corrected chi connectivity index (χ1v) is 11.8. The maximum absolute atomic E-state index is 12.6. The number of ether oxygens (including phenoxy) is 1. The fraction of sp³-hybridized carbons (Fsp3) is 0.278. The van der Waals surface area contributed by atoms with Crippen molar-refractivity contribution in [1.29, 1.82) is 0 Å². The number of anilines is 1. The molecule has 154 valence electrons. The fourth-order valence-electron chi connectivity index (χ4n) is 2.64. The number of nitrogens with one attached hydrogen (secondary N) is 1. The van der Waals surface area contributed by atoms with Crippen LogP contribution in [0.1, 0.15) is 13.3 Å². The van der Waals surface area contributed by atoms with Gasteiger partial charge >= 0.3 is 0 Å². The van der Waals surface area contributed by atoms with Crippen molar-refractivity contribution < 1.29 is 22.7 Å². The van der Waals surface area contributed by atoms with Gasteiger partial charge in [0.15, 0.2) is 5.17 Å². The lowest BCUT2D eigenvalue weighted by Gasteiger charge is -2.13. The number of methoxy groups -OCH3 is 1. The first-order chi connectivity index (χ1) is 13.8. The van der Waals surface area contributed by atoms with E-state index in [-0.39, 0.29) is 34.2 Å². The lowest BCUT2D eigenvalue weighted by Crippen LogP contribution is -2.33. The Bertz CT molecular complexity index is 1030. The zero-order chi connectivity index (χ0) is 21.0. The van der Waals surface area contributed by atoms with Crippen LogP contribution < -0.4 is 10.1 Å². The number of carbonyl (C=O) groups excluding carboxylic acids is 2. The van der Waals surface area contributed by atoms with Crippen LogP contribution in [0, 0.1) is 0 Å². The summed E-state index contributed by atoms with van der Waals surface area (Å²) in [6.45, 7) is 1.99. The molecule has 1 fully saturated rings. The minimum Gasteiger partial charge on any atom is -0.497 e. The van der Waals surface area contributed by atoms with Crippen molar-refractivity contribution in [2.75, 3.05) is 19.0 Å². The van der Waals surface area contributed by atoms with Crippen molar-refractivity contribution in [3.63, 3.8) is 0 Å². The summed E-state index contributed by atoms with van der Waals surface area (Å²) in [5.74, 6) is -0.0968. The van der Waals surface area contributed by atoms with Crippen LogP contribution in [-0.4, -0.2) is 49.2 Å². The number of thiophene rings is 1. The van der Waals surface area contributed by atoms with Gasteiger partial charge in [0.25, 0.3) is 10.0 Å². The molecule has 11 heteroatoms. The Hall–Kier alpha value is -2.37. The molecule has 1 N–H and O–H groups in total. The average molecular weight is 454 g/mol. The van der Waals surface area contributed by atoms with Gasteiger partial charge in [-0.1, -0.05) is 23.9 Å². The predicted octanol–water partition coefficient (Wildman–Crippen LogP) is 2.79. The van der Waals surface area contributed by atoms with E-state index < -0.39 is 15.3 Å².